The molecule has 118 valence electrons. The number of halogens is 3. The molecule has 0 saturated carbocycles. The molecule has 1 aromatic rings. The Labute approximate surface area is 120 Å². The Morgan fingerprint density at radius 3 is 2.38 bits per heavy atom. The molecule has 0 unspecified atom stereocenters. The number of nitrogen functional groups attached to an aromatic ring is 1. The summed E-state index contributed by atoms with van der Waals surface area (Å²) in [5.41, 5.74) is 5.78. The molecule has 0 radical (unpaired) electrons. The maximum absolute atomic E-state index is 12.3. The first kappa shape index (κ1) is 17.3. The molecule has 1 aromatic carbocycles. The molecule has 2 N–H and O–H groups in total. The van der Waals surface area contributed by atoms with Crippen LogP contribution in [-0.4, -0.2) is 38.2 Å². The first-order valence-corrected chi connectivity index (χ1v) is 7.57. The molecule has 21 heavy (non-hydrogen) atoms. The zero-order valence-electron chi connectivity index (χ0n) is 11.4. The van der Waals surface area contributed by atoms with Crippen molar-refractivity contribution in [1.82, 2.24) is 4.90 Å². The van der Waals surface area contributed by atoms with Crippen LogP contribution < -0.4 is 5.73 Å². The van der Waals surface area contributed by atoms with Gasteiger partial charge in [0.2, 0.25) is 0 Å². The normalized spacial score (nSPS) is 12.2. The van der Waals surface area contributed by atoms with Gasteiger partial charge in [0, 0.05) is 19.3 Å². The predicted octanol–water partition coefficient (Wildman–Crippen LogP) is 1.58. The van der Waals surface area contributed by atoms with Crippen molar-refractivity contribution in [3.05, 3.63) is 23.8 Å². The number of alkyl halides is 3. The third-order valence-electron chi connectivity index (χ3n) is 2.80. The van der Waals surface area contributed by atoms with Crippen molar-refractivity contribution < 1.29 is 26.4 Å². The van der Waals surface area contributed by atoms with E-state index in [1.165, 1.54) is 25.1 Å². The Hall–Kier alpha value is -1.77. The molecule has 1 amide bonds. The number of nitrogens with zero attached hydrogens (tertiary/aromatic N) is 1. The maximum atomic E-state index is 12.3. The smallest absolute Gasteiger partial charge is 0.399 e. The Balaban J connectivity index is 3.20. The van der Waals surface area contributed by atoms with Gasteiger partial charge in [-0.05, 0) is 23.8 Å². The van der Waals surface area contributed by atoms with Crippen LogP contribution in [0.3, 0.4) is 0 Å². The van der Waals surface area contributed by atoms with Crippen LogP contribution in [0.4, 0.5) is 18.9 Å². The Morgan fingerprint density at radius 1 is 1.33 bits per heavy atom. The molecule has 0 aromatic heterocycles. The van der Waals surface area contributed by atoms with Gasteiger partial charge in [0.25, 0.3) is 0 Å². The Kier molecular flexibility index (Phi) is 4.87. The zero-order chi connectivity index (χ0) is 16.4. The van der Waals surface area contributed by atoms with Crippen LogP contribution in [0.5, 0.6) is 0 Å². The second kappa shape index (κ2) is 5.92. The lowest BCUT2D eigenvalue weighted by Gasteiger charge is -2.20. The molecule has 0 aliphatic carbocycles. The molecule has 5 nitrogen and oxygen atoms in total. The molecular weight excluding hydrogens is 309 g/mol. The molecule has 0 fully saturated rings. The van der Waals surface area contributed by atoms with E-state index in [2.05, 4.69) is 0 Å². The van der Waals surface area contributed by atoms with Gasteiger partial charge in [-0.25, -0.2) is 8.42 Å². The van der Waals surface area contributed by atoms with Gasteiger partial charge in [-0.3, -0.25) is 4.79 Å². The molecule has 0 spiro atoms. The third kappa shape index (κ3) is 4.10. The highest BCUT2D eigenvalue weighted by molar-refractivity contribution is 7.91. The van der Waals surface area contributed by atoms with E-state index in [0.29, 0.717) is 4.90 Å². The summed E-state index contributed by atoms with van der Waals surface area (Å²) >= 11 is 0. The summed E-state index contributed by atoms with van der Waals surface area (Å²) in [7, 11) is -2.68. The van der Waals surface area contributed by atoms with Crippen molar-refractivity contribution in [2.24, 2.45) is 0 Å². The van der Waals surface area contributed by atoms with Gasteiger partial charge in [-0.15, -0.1) is 0 Å². The van der Waals surface area contributed by atoms with Crippen LogP contribution in [0.25, 0.3) is 0 Å². The first-order chi connectivity index (χ1) is 9.49. The van der Waals surface area contributed by atoms with E-state index < -0.39 is 28.5 Å². The van der Waals surface area contributed by atoms with Gasteiger partial charge >= 0.3 is 12.1 Å². The number of nitrogens with two attached hydrogens (primary N) is 1. The number of hydrogen-bond donors (Lipinski definition) is 1. The number of hydrogen-bond acceptors (Lipinski definition) is 4. The Bertz CT molecular complexity index is 642. The first-order valence-electron chi connectivity index (χ1n) is 5.92. The highest BCUT2D eigenvalue weighted by atomic mass is 32.2. The van der Waals surface area contributed by atoms with Crippen molar-refractivity contribution in [2.45, 2.75) is 24.5 Å². The van der Waals surface area contributed by atoms with Crippen LogP contribution in [0, 0.1) is 0 Å². The lowest BCUT2D eigenvalue weighted by Crippen LogP contribution is -2.38. The quantitative estimate of drug-likeness (QED) is 0.853. The van der Waals surface area contributed by atoms with Crippen LogP contribution in [-0.2, 0) is 21.2 Å². The molecule has 0 aliphatic rings. The van der Waals surface area contributed by atoms with E-state index >= 15 is 0 Å². The number of carbonyl (C=O) groups is 1. The lowest BCUT2D eigenvalue weighted by molar-refractivity contribution is -0.184. The molecule has 0 bridgehead atoms. The van der Waals surface area contributed by atoms with Crippen molar-refractivity contribution >= 4 is 21.4 Å². The zero-order valence-corrected chi connectivity index (χ0v) is 12.3. The molecule has 0 saturated heterocycles. The second-order valence-corrected chi connectivity index (χ2v) is 6.68. The molecule has 0 aliphatic heterocycles. The highest BCUT2D eigenvalue weighted by Gasteiger charge is 2.41. The van der Waals surface area contributed by atoms with Gasteiger partial charge in [-0.2, -0.15) is 13.2 Å². The summed E-state index contributed by atoms with van der Waals surface area (Å²) in [5.74, 6) is -2.26. The molecular formula is C12H15F3N2O3S. The summed E-state index contributed by atoms with van der Waals surface area (Å²) in [6.07, 6.45) is -5.02. The molecule has 9 heteroatoms. The summed E-state index contributed by atoms with van der Waals surface area (Å²) in [6, 6.07) is 3.83. The minimum Gasteiger partial charge on any atom is -0.399 e. The van der Waals surface area contributed by atoms with E-state index in [1.807, 2.05) is 0 Å². The third-order valence-corrected chi connectivity index (χ3v) is 4.62. The van der Waals surface area contributed by atoms with Crippen LogP contribution in [0.2, 0.25) is 0 Å². The standard InChI is InChI=1S/C12H15F3N2O3S/c1-3-21(19,20)10-5-4-9(16)6-8(10)7-17(2)11(18)12(13,14)15/h4-6H,3,7,16H2,1-2H3. The van der Waals surface area contributed by atoms with Gasteiger partial charge in [0.1, 0.15) is 0 Å². The SMILES string of the molecule is CCS(=O)(=O)c1ccc(N)cc1CN(C)C(=O)C(F)(F)F. The molecule has 1 rings (SSSR count). The average Bonchev–Trinajstić information content (AvgIpc) is 2.36. The summed E-state index contributed by atoms with van der Waals surface area (Å²) < 4.78 is 60.9. The van der Waals surface area contributed by atoms with Crippen molar-refractivity contribution in [3.63, 3.8) is 0 Å². The molecule has 0 heterocycles. The van der Waals surface area contributed by atoms with Crippen molar-refractivity contribution in [3.8, 4) is 0 Å². The van der Waals surface area contributed by atoms with Gasteiger partial charge in [-0.1, -0.05) is 6.92 Å². The lowest BCUT2D eigenvalue weighted by atomic mass is 10.2. The van der Waals surface area contributed by atoms with Crippen molar-refractivity contribution in [2.75, 3.05) is 18.5 Å². The highest BCUT2D eigenvalue weighted by Crippen LogP contribution is 2.24. The monoisotopic (exact) mass is 324 g/mol. The Morgan fingerprint density at radius 2 is 1.90 bits per heavy atom. The maximum Gasteiger partial charge on any atom is 0.471 e. The van der Waals surface area contributed by atoms with E-state index in [9.17, 15) is 26.4 Å². The van der Waals surface area contributed by atoms with E-state index in [1.54, 1.807) is 0 Å². The summed E-state index contributed by atoms with van der Waals surface area (Å²) in [4.78, 5) is 11.4. The topological polar surface area (TPSA) is 80.5 Å². The van der Waals surface area contributed by atoms with Gasteiger partial charge < -0.3 is 10.6 Å². The number of benzene rings is 1. The number of amides is 1. The molecule has 0 atom stereocenters. The number of anilines is 1. The van der Waals surface area contributed by atoms with E-state index in [-0.39, 0.29) is 21.9 Å². The minimum atomic E-state index is -5.02. The largest absolute Gasteiger partial charge is 0.471 e. The van der Waals surface area contributed by atoms with Crippen LogP contribution >= 0.6 is 0 Å². The summed E-state index contributed by atoms with van der Waals surface area (Å²) in [5, 5.41) is 0. The fourth-order valence-corrected chi connectivity index (χ4v) is 2.83. The van der Waals surface area contributed by atoms with Crippen LogP contribution in [0.15, 0.2) is 23.1 Å². The fourth-order valence-electron chi connectivity index (χ4n) is 1.73. The van der Waals surface area contributed by atoms with Crippen molar-refractivity contribution in [1.29, 1.82) is 0 Å². The number of carbonyl (C=O) groups excluding carboxylic acids is 1. The number of sulfone groups is 1. The fraction of sp³-hybridized carbons (Fsp3) is 0.417. The van der Waals surface area contributed by atoms with Gasteiger partial charge in [0.05, 0.1) is 10.6 Å². The minimum absolute atomic E-state index is 0.0527. The van der Waals surface area contributed by atoms with E-state index in [0.717, 1.165) is 7.05 Å². The second-order valence-electron chi connectivity index (χ2n) is 4.43. The van der Waals surface area contributed by atoms with E-state index in [4.69, 9.17) is 5.73 Å². The average molecular weight is 324 g/mol. The summed E-state index contributed by atoms with van der Waals surface area (Å²) in [6.45, 7) is 0.915. The predicted molar refractivity (Wildman–Crippen MR) is 71.1 cm³/mol. The van der Waals surface area contributed by atoms with Gasteiger partial charge in [0.15, 0.2) is 9.84 Å². The number of rotatable bonds is 4. The van der Waals surface area contributed by atoms with Crippen LogP contribution in [0.1, 0.15) is 12.5 Å².